The second-order valence-electron chi connectivity index (χ2n) is 6.36. The number of rotatable bonds is 5. The average molecular weight is 378 g/mol. The number of carbonyl (C=O) groups is 1. The van der Waals surface area contributed by atoms with Crippen LogP contribution in [0, 0.1) is 5.82 Å². The van der Waals surface area contributed by atoms with Crippen molar-refractivity contribution in [1.29, 1.82) is 0 Å². The lowest BCUT2D eigenvalue weighted by Gasteiger charge is -2.32. The van der Waals surface area contributed by atoms with Crippen LogP contribution in [-0.2, 0) is 11.2 Å². The number of aryl methyl sites for hydroxylation is 1. The molecule has 8 heteroatoms. The third-order valence-corrected chi connectivity index (χ3v) is 4.62. The number of anilines is 2. The third-order valence-electron chi connectivity index (χ3n) is 4.33. The topological polar surface area (TPSA) is 61.4 Å². The van der Waals surface area contributed by atoms with Gasteiger partial charge in [0.05, 0.1) is 23.1 Å². The van der Waals surface area contributed by atoms with E-state index in [0.717, 1.165) is 31.7 Å². The van der Waals surface area contributed by atoms with Gasteiger partial charge in [0.25, 0.3) is 0 Å². The fourth-order valence-corrected chi connectivity index (χ4v) is 2.94. The summed E-state index contributed by atoms with van der Waals surface area (Å²) < 4.78 is 13.1. The van der Waals surface area contributed by atoms with E-state index in [2.05, 4.69) is 32.1 Å². The highest BCUT2D eigenvalue weighted by Crippen LogP contribution is 2.17. The van der Waals surface area contributed by atoms with Gasteiger partial charge in [0.1, 0.15) is 5.82 Å². The molecular weight excluding hydrogens is 357 g/mol. The summed E-state index contributed by atoms with van der Waals surface area (Å²) in [6, 6.07) is 4.47. The van der Waals surface area contributed by atoms with Gasteiger partial charge in [-0.25, -0.2) is 14.4 Å². The first-order chi connectivity index (χ1) is 12.5. The Kier molecular flexibility index (Phi) is 6.00. The van der Waals surface area contributed by atoms with Gasteiger partial charge in [-0.2, -0.15) is 0 Å². The highest BCUT2D eigenvalue weighted by molar-refractivity contribution is 6.30. The Morgan fingerprint density at radius 1 is 1.23 bits per heavy atom. The van der Waals surface area contributed by atoms with Crippen molar-refractivity contribution in [1.82, 2.24) is 14.9 Å². The van der Waals surface area contributed by atoms with E-state index in [0.29, 0.717) is 18.1 Å². The van der Waals surface area contributed by atoms with Crippen LogP contribution in [0.4, 0.5) is 16.0 Å². The van der Waals surface area contributed by atoms with Crippen LogP contribution in [-0.4, -0.2) is 54.0 Å². The van der Waals surface area contributed by atoms with Gasteiger partial charge in [-0.05, 0) is 31.2 Å². The molecule has 26 heavy (non-hydrogen) atoms. The van der Waals surface area contributed by atoms with E-state index >= 15 is 0 Å². The van der Waals surface area contributed by atoms with Gasteiger partial charge in [0.2, 0.25) is 11.9 Å². The lowest BCUT2D eigenvalue weighted by atomic mass is 10.1. The molecule has 1 aliphatic heterocycles. The van der Waals surface area contributed by atoms with Crippen molar-refractivity contribution in [2.24, 2.45) is 0 Å². The molecule has 1 N–H and O–H groups in total. The van der Waals surface area contributed by atoms with Crippen LogP contribution in [0.1, 0.15) is 12.0 Å². The first-order valence-electron chi connectivity index (χ1n) is 8.50. The summed E-state index contributed by atoms with van der Waals surface area (Å²) >= 11 is 5.75. The van der Waals surface area contributed by atoms with E-state index < -0.39 is 5.82 Å². The van der Waals surface area contributed by atoms with Crippen molar-refractivity contribution in [3.8, 4) is 0 Å². The molecule has 2 aromatic rings. The summed E-state index contributed by atoms with van der Waals surface area (Å²) in [6.07, 6.45) is 3.98. The van der Waals surface area contributed by atoms with Gasteiger partial charge in [0, 0.05) is 32.6 Å². The Bertz CT molecular complexity index is 763. The summed E-state index contributed by atoms with van der Waals surface area (Å²) in [6.45, 7) is 3.75. The van der Waals surface area contributed by atoms with Gasteiger partial charge in [-0.15, -0.1) is 0 Å². The quantitative estimate of drug-likeness (QED) is 0.867. The Hall–Kier alpha value is -2.25. The zero-order valence-corrected chi connectivity index (χ0v) is 15.3. The lowest BCUT2D eigenvalue weighted by Crippen LogP contribution is -2.45. The zero-order valence-electron chi connectivity index (χ0n) is 14.6. The van der Waals surface area contributed by atoms with Gasteiger partial charge in [0.15, 0.2) is 0 Å². The number of halogens is 2. The van der Waals surface area contributed by atoms with Gasteiger partial charge < -0.3 is 15.1 Å². The van der Waals surface area contributed by atoms with Crippen LogP contribution < -0.4 is 10.2 Å². The summed E-state index contributed by atoms with van der Waals surface area (Å²) in [7, 11) is 2.09. The normalized spacial score (nSPS) is 15.1. The number of amides is 1. The van der Waals surface area contributed by atoms with Crippen LogP contribution >= 0.6 is 11.6 Å². The predicted octanol–water partition coefficient (Wildman–Crippen LogP) is 2.59. The van der Waals surface area contributed by atoms with Crippen molar-refractivity contribution in [3.63, 3.8) is 0 Å². The molecule has 2 heterocycles. The minimum atomic E-state index is -0.461. The van der Waals surface area contributed by atoms with Crippen LogP contribution in [0.2, 0.25) is 5.02 Å². The standard InChI is InChI=1S/C18H21ClFN5O/c1-24-6-8-25(9-7-24)18-21-11-14(12-22-18)23-17(26)5-3-13-2-4-16(20)15(19)10-13/h2,4,10-12H,3,5-9H2,1H3,(H,23,26). The van der Waals surface area contributed by atoms with E-state index in [4.69, 9.17) is 11.6 Å². The van der Waals surface area contributed by atoms with E-state index in [1.807, 2.05) is 0 Å². The van der Waals surface area contributed by atoms with Gasteiger partial charge in [-0.1, -0.05) is 17.7 Å². The maximum atomic E-state index is 13.1. The number of piperazine rings is 1. The van der Waals surface area contributed by atoms with Crippen molar-refractivity contribution in [2.45, 2.75) is 12.8 Å². The number of aromatic nitrogens is 2. The molecule has 0 bridgehead atoms. The average Bonchev–Trinajstić information content (AvgIpc) is 2.64. The van der Waals surface area contributed by atoms with Crippen molar-refractivity contribution in [2.75, 3.05) is 43.4 Å². The molecule has 1 fully saturated rings. The number of hydrogen-bond acceptors (Lipinski definition) is 5. The number of likely N-dealkylation sites (N-methyl/N-ethyl adjacent to an activating group) is 1. The molecule has 1 saturated heterocycles. The van der Waals surface area contributed by atoms with Crippen LogP contribution in [0.15, 0.2) is 30.6 Å². The molecular formula is C18H21ClFN5O. The van der Waals surface area contributed by atoms with E-state index in [1.165, 1.54) is 12.1 Å². The number of nitrogens with one attached hydrogen (secondary N) is 1. The molecule has 3 rings (SSSR count). The highest BCUT2D eigenvalue weighted by Gasteiger charge is 2.16. The Morgan fingerprint density at radius 3 is 2.58 bits per heavy atom. The van der Waals surface area contributed by atoms with E-state index in [1.54, 1.807) is 18.5 Å². The summed E-state index contributed by atoms with van der Waals surface area (Å²) in [5.74, 6) is 0.0657. The number of benzene rings is 1. The zero-order chi connectivity index (χ0) is 18.5. The number of carbonyl (C=O) groups excluding carboxylic acids is 1. The first-order valence-corrected chi connectivity index (χ1v) is 8.88. The second-order valence-corrected chi connectivity index (χ2v) is 6.77. The van der Waals surface area contributed by atoms with Gasteiger partial charge >= 0.3 is 0 Å². The molecule has 1 aromatic carbocycles. The summed E-state index contributed by atoms with van der Waals surface area (Å²) in [5.41, 5.74) is 1.37. The molecule has 0 unspecified atom stereocenters. The molecule has 0 radical (unpaired) electrons. The van der Waals surface area contributed by atoms with Crippen LogP contribution in [0.3, 0.4) is 0 Å². The van der Waals surface area contributed by atoms with Crippen molar-refractivity contribution in [3.05, 3.63) is 47.0 Å². The number of nitrogens with zero attached hydrogens (tertiary/aromatic N) is 4. The smallest absolute Gasteiger partial charge is 0.225 e. The largest absolute Gasteiger partial charge is 0.338 e. The van der Waals surface area contributed by atoms with Crippen LogP contribution in [0.5, 0.6) is 0 Å². The highest BCUT2D eigenvalue weighted by atomic mass is 35.5. The third kappa shape index (κ3) is 4.89. The minimum Gasteiger partial charge on any atom is -0.338 e. The Morgan fingerprint density at radius 2 is 1.92 bits per heavy atom. The SMILES string of the molecule is CN1CCN(c2ncc(NC(=O)CCc3ccc(F)c(Cl)c3)cn2)CC1. The van der Waals surface area contributed by atoms with Crippen molar-refractivity contribution < 1.29 is 9.18 Å². The maximum Gasteiger partial charge on any atom is 0.225 e. The first kappa shape index (κ1) is 18.5. The fourth-order valence-electron chi connectivity index (χ4n) is 2.73. The monoisotopic (exact) mass is 377 g/mol. The minimum absolute atomic E-state index is 0.0656. The molecule has 138 valence electrons. The molecule has 1 amide bonds. The lowest BCUT2D eigenvalue weighted by molar-refractivity contribution is -0.116. The van der Waals surface area contributed by atoms with Crippen molar-refractivity contribution >= 4 is 29.1 Å². The molecule has 0 atom stereocenters. The van der Waals surface area contributed by atoms with Crippen LogP contribution in [0.25, 0.3) is 0 Å². The fraction of sp³-hybridized carbons (Fsp3) is 0.389. The summed E-state index contributed by atoms with van der Waals surface area (Å²) in [5, 5.41) is 2.84. The summed E-state index contributed by atoms with van der Waals surface area (Å²) in [4.78, 5) is 25.1. The number of hydrogen-bond donors (Lipinski definition) is 1. The van der Waals surface area contributed by atoms with Gasteiger partial charge in [-0.3, -0.25) is 4.79 Å². The second kappa shape index (κ2) is 8.42. The Balaban J connectivity index is 1.50. The molecule has 1 aliphatic rings. The van der Waals surface area contributed by atoms with E-state index in [-0.39, 0.29) is 17.4 Å². The van der Waals surface area contributed by atoms with E-state index in [9.17, 15) is 9.18 Å². The molecule has 0 spiro atoms. The molecule has 0 aliphatic carbocycles. The predicted molar refractivity (Wildman–Crippen MR) is 100 cm³/mol. The molecule has 0 saturated carbocycles. The molecule has 1 aromatic heterocycles. The maximum absolute atomic E-state index is 13.1. The molecule has 6 nitrogen and oxygen atoms in total. The Labute approximate surface area is 157 Å².